The van der Waals surface area contributed by atoms with Crippen LogP contribution in [0.5, 0.6) is 0 Å². The van der Waals surface area contributed by atoms with Gasteiger partial charge in [-0.1, -0.05) is 18.1 Å². The van der Waals surface area contributed by atoms with E-state index in [4.69, 9.17) is 0 Å². The zero-order chi connectivity index (χ0) is 8.69. The van der Waals surface area contributed by atoms with Crippen LogP contribution in [0.2, 0.25) is 0 Å². The Morgan fingerprint density at radius 1 is 1.64 bits per heavy atom. The summed E-state index contributed by atoms with van der Waals surface area (Å²) < 4.78 is 10.5. The van der Waals surface area contributed by atoms with E-state index in [9.17, 15) is 9.35 Å². The largest absolute Gasteiger partial charge is 0.617 e. The van der Waals surface area contributed by atoms with Crippen LogP contribution in [0.15, 0.2) is 0 Å². The van der Waals surface area contributed by atoms with Crippen molar-refractivity contribution in [3.05, 3.63) is 0 Å². The molecule has 0 radical (unpaired) electrons. The maximum absolute atomic E-state index is 10.8. The molecule has 0 aliphatic heterocycles. The minimum absolute atomic E-state index is 0.0537. The topological polar surface area (TPSA) is 52.2 Å². The third-order valence-corrected chi connectivity index (χ3v) is 1.97. The van der Waals surface area contributed by atoms with E-state index in [1.165, 1.54) is 0 Å². The fraction of sp³-hybridized carbons (Fsp3) is 0.857. The molecule has 0 saturated heterocycles. The van der Waals surface area contributed by atoms with Crippen LogP contribution in [0.3, 0.4) is 0 Å². The molecule has 0 bridgehead atoms. The fourth-order valence-electron chi connectivity index (χ4n) is 0.650. The van der Waals surface area contributed by atoms with Crippen molar-refractivity contribution in [3.63, 3.8) is 0 Å². The number of amides is 1. The second-order valence-electron chi connectivity index (χ2n) is 2.38. The average molecular weight is 177 g/mol. The lowest BCUT2D eigenvalue weighted by Gasteiger charge is -2.05. The minimum atomic E-state index is -0.801. The van der Waals surface area contributed by atoms with Crippen LogP contribution in [0.1, 0.15) is 19.8 Å². The van der Waals surface area contributed by atoms with Crippen molar-refractivity contribution in [1.29, 1.82) is 0 Å². The number of carbonyl (C=O) groups excluding carboxylic acids is 1. The molecule has 0 rings (SSSR count). The van der Waals surface area contributed by atoms with E-state index in [0.717, 1.165) is 6.42 Å². The standard InChI is InChI=1S/C7H15NO2S/c1-3-4-7(9)8-5-6-11(2)10/h3-6H2,1-2H3,(H,8,9). The zero-order valence-corrected chi connectivity index (χ0v) is 7.87. The molecule has 0 aromatic carbocycles. The molecular formula is C7H15NO2S. The molecule has 66 valence electrons. The summed E-state index contributed by atoms with van der Waals surface area (Å²) in [5.74, 6) is 0.605. The van der Waals surface area contributed by atoms with Crippen LogP contribution in [-0.4, -0.2) is 29.0 Å². The number of rotatable bonds is 5. The van der Waals surface area contributed by atoms with E-state index in [0.29, 0.717) is 18.7 Å². The lowest BCUT2D eigenvalue weighted by atomic mass is 10.3. The van der Waals surface area contributed by atoms with Gasteiger partial charge in [-0.2, -0.15) is 0 Å². The number of hydrogen-bond donors (Lipinski definition) is 1. The number of carbonyl (C=O) groups is 1. The van der Waals surface area contributed by atoms with E-state index in [2.05, 4.69) is 5.32 Å². The lowest BCUT2D eigenvalue weighted by molar-refractivity contribution is -0.120. The minimum Gasteiger partial charge on any atom is -0.617 e. The second kappa shape index (κ2) is 6.49. The van der Waals surface area contributed by atoms with Crippen molar-refractivity contribution < 1.29 is 9.35 Å². The molecule has 1 unspecified atom stereocenters. The van der Waals surface area contributed by atoms with Crippen LogP contribution < -0.4 is 5.32 Å². The van der Waals surface area contributed by atoms with Gasteiger partial charge in [0, 0.05) is 6.42 Å². The third-order valence-electron chi connectivity index (χ3n) is 1.19. The van der Waals surface area contributed by atoms with Crippen molar-refractivity contribution >= 4 is 17.1 Å². The summed E-state index contributed by atoms with van der Waals surface area (Å²) in [6.45, 7) is 2.49. The van der Waals surface area contributed by atoms with Gasteiger partial charge in [0.25, 0.3) is 0 Å². The smallest absolute Gasteiger partial charge is 0.220 e. The molecule has 0 saturated carbocycles. The monoisotopic (exact) mass is 177 g/mol. The van der Waals surface area contributed by atoms with Crippen LogP contribution in [-0.2, 0) is 16.0 Å². The SMILES string of the molecule is CCCC(=O)NCC[S+](C)[O-]. The van der Waals surface area contributed by atoms with Crippen molar-refractivity contribution in [2.75, 3.05) is 18.6 Å². The predicted octanol–water partition coefficient (Wildman–Crippen LogP) is 0.281. The third kappa shape index (κ3) is 7.68. The van der Waals surface area contributed by atoms with E-state index < -0.39 is 11.2 Å². The Morgan fingerprint density at radius 3 is 2.73 bits per heavy atom. The van der Waals surface area contributed by atoms with Crippen molar-refractivity contribution in [3.8, 4) is 0 Å². The van der Waals surface area contributed by atoms with Gasteiger partial charge >= 0.3 is 0 Å². The first kappa shape index (κ1) is 10.8. The Morgan fingerprint density at radius 2 is 2.27 bits per heavy atom. The Hall–Kier alpha value is -0.220. The summed E-state index contributed by atoms with van der Waals surface area (Å²) in [5, 5.41) is 2.68. The first-order valence-corrected chi connectivity index (χ1v) is 5.46. The highest BCUT2D eigenvalue weighted by molar-refractivity contribution is 7.90. The summed E-state index contributed by atoms with van der Waals surface area (Å²) >= 11 is -0.801. The van der Waals surface area contributed by atoms with Gasteiger partial charge < -0.3 is 9.87 Å². The van der Waals surface area contributed by atoms with Gasteiger partial charge in [0.1, 0.15) is 5.75 Å². The van der Waals surface area contributed by atoms with E-state index in [-0.39, 0.29) is 5.91 Å². The van der Waals surface area contributed by atoms with Gasteiger partial charge in [0.2, 0.25) is 5.91 Å². The molecule has 0 aliphatic rings. The molecule has 0 spiro atoms. The summed E-state index contributed by atoms with van der Waals surface area (Å²) in [4.78, 5) is 10.8. The normalized spacial score (nSPS) is 12.6. The zero-order valence-electron chi connectivity index (χ0n) is 7.05. The van der Waals surface area contributed by atoms with Gasteiger partial charge in [-0.25, -0.2) is 0 Å². The van der Waals surface area contributed by atoms with Crippen molar-refractivity contribution in [2.24, 2.45) is 0 Å². The molecule has 11 heavy (non-hydrogen) atoms. The van der Waals surface area contributed by atoms with Gasteiger partial charge in [-0.05, 0) is 6.42 Å². The Kier molecular flexibility index (Phi) is 6.36. The Labute approximate surface area is 70.7 Å². The summed E-state index contributed by atoms with van der Waals surface area (Å²) in [6, 6.07) is 0. The maximum Gasteiger partial charge on any atom is 0.220 e. The van der Waals surface area contributed by atoms with Gasteiger partial charge in [-0.15, -0.1) is 0 Å². The van der Waals surface area contributed by atoms with Crippen LogP contribution in [0.25, 0.3) is 0 Å². The summed E-state index contributed by atoms with van der Waals surface area (Å²) in [5.41, 5.74) is 0. The Balaban J connectivity index is 3.17. The second-order valence-corrected chi connectivity index (χ2v) is 3.93. The van der Waals surface area contributed by atoms with Crippen LogP contribution >= 0.6 is 0 Å². The van der Waals surface area contributed by atoms with Crippen LogP contribution in [0.4, 0.5) is 0 Å². The van der Waals surface area contributed by atoms with E-state index >= 15 is 0 Å². The number of hydrogen-bond acceptors (Lipinski definition) is 2. The molecule has 0 aromatic heterocycles. The molecule has 1 N–H and O–H groups in total. The molecule has 0 fully saturated rings. The summed E-state index contributed by atoms with van der Waals surface area (Å²) in [6.07, 6.45) is 3.06. The van der Waals surface area contributed by atoms with Gasteiger partial charge in [0.05, 0.1) is 12.8 Å². The Bertz CT molecular complexity index is 117. The highest BCUT2D eigenvalue weighted by Crippen LogP contribution is 1.86. The lowest BCUT2D eigenvalue weighted by Crippen LogP contribution is -2.28. The molecule has 0 aliphatic carbocycles. The fourth-order valence-corrected chi connectivity index (χ4v) is 1.04. The van der Waals surface area contributed by atoms with E-state index in [1.807, 2.05) is 6.92 Å². The molecule has 1 amide bonds. The molecule has 3 nitrogen and oxygen atoms in total. The van der Waals surface area contributed by atoms with Crippen LogP contribution in [0, 0.1) is 0 Å². The highest BCUT2D eigenvalue weighted by atomic mass is 32.2. The molecule has 1 atom stereocenters. The summed E-state index contributed by atoms with van der Waals surface area (Å²) in [7, 11) is 0. The molecule has 0 heterocycles. The van der Waals surface area contributed by atoms with Crippen molar-refractivity contribution in [1.82, 2.24) is 5.32 Å². The average Bonchev–Trinajstić information content (AvgIpc) is 1.87. The highest BCUT2D eigenvalue weighted by Gasteiger charge is 2.00. The first-order chi connectivity index (χ1) is 5.16. The van der Waals surface area contributed by atoms with Crippen molar-refractivity contribution in [2.45, 2.75) is 19.8 Å². The van der Waals surface area contributed by atoms with Gasteiger partial charge in [0.15, 0.2) is 0 Å². The molecular weight excluding hydrogens is 162 g/mol. The van der Waals surface area contributed by atoms with Gasteiger partial charge in [-0.3, -0.25) is 4.79 Å². The maximum atomic E-state index is 10.8. The van der Waals surface area contributed by atoms with E-state index in [1.54, 1.807) is 6.26 Å². The first-order valence-electron chi connectivity index (χ1n) is 3.73. The molecule has 4 heteroatoms. The number of nitrogens with one attached hydrogen (secondary N) is 1. The molecule has 0 aromatic rings. The predicted molar refractivity (Wildman–Crippen MR) is 46.9 cm³/mol. The quantitative estimate of drug-likeness (QED) is 0.613.